The summed E-state index contributed by atoms with van der Waals surface area (Å²) in [7, 11) is 0. The second-order valence-electron chi connectivity index (χ2n) is 7.28. The number of nitrogens with one attached hydrogen (secondary N) is 2. The third-order valence-corrected chi connectivity index (χ3v) is 4.05. The lowest BCUT2D eigenvalue weighted by molar-refractivity contribution is -0.133. The maximum atomic E-state index is 12.3. The van der Waals surface area contributed by atoms with Gasteiger partial charge in [-0.3, -0.25) is 9.59 Å². The minimum absolute atomic E-state index is 0.129. The maximum Gasteiger partial charge on any atom is 0.242 e. The fourth-order valence-corrected chi connectivity index (χ4v) is 2.38. The van der Waals surface area contributed by atoms with Crippen LogP contribution >= 0.6 is 0 Å². The normalized spacial score (nSPS) is 14.0. The zero-order chi connectivity index (χ0) is 17.9. The van der Waals surface area contributed by atoms with Gasteiger partial charge in [0.05, 0.1) is 6.04 Å². The van der Waals surface area contributed by atoms with Crippen molar-refractivity contribution < 1.29 is 9.59 Å². The number of carbonyl (C=O) groups is 2. The molecule has 0 saturated heterocycles. The van der Waals surface area contributed by atoms with E-state index in [0.29, 0.717) is 0 Å². The van der Waals surface area contributed by atoms with Crippen molar-refractivity contribution in [3.05, 3.63) is 48.0 Å². The zero-order valence-corrected chi connectivity index (χ0v) is 15.0. The molecule has 0 spiro atoms. The molecule has 2 atom stereocenters. The molecule has 0 aliphatic heterocycles. The summed E-state index contributed by atoms with van der Waals surface area (Å²) in [6, 6.07) is 13.6. The highest BCUT2D eigenvalue weighted by Gasteiger charge is 2.25. The molecule has 2 rings (SSSR count). The molecule has 0 fully saturated rings. The Bertz CT molecular complexity index is 747. The van der Waals surface area contributed by atoms with E-state index in [1.165, 1.54) is 5.39 Å². The summed E-state index contributed by atoms with van der Waals surface area (Å²) in [5.41, 5.74) is 0.523. The Morgan fingerprint density at radius 2 is 1.54 bits per heavy atom. The highest BCUT2D eigenvalue weighted by molar-refractivity contribution is 5.89. The van der Waals surface area contributed by atoms with Crippen LogP contribution in [0.2, 0.25) is 0 Å². The van der Waals surface area contributed by atoms with E-state index in [1.807, 2.05) is 45.9 Å². The molecule has 2 aromatic carbocycles. The first kappa shape index (κ1) is 18.0. The van der Waals surface area contributed by atoms with Crippen molar-refractivity contribution in [2.75, 3.05) is 0 Å². The molecule has 0 heterocycles. The molecule has 2 aromatic rings. The number of carbonyl (C=O) groups excluding carboxylic acids is 2. The number of hydrogen-bond donors (Lipinski definition) is 2. The lowest BCUT2D eigenvalue weighted by atomic mass is 9.95. The van der Waals surface area contributed by atoms with Gasteiger partial charge in [0.25, 0.3) is 0 Å². The molecule has 4 nitrogen and oxygen atoms in total. The topological polar surface area (TPSA) is 58.2 Å². The van der Waals surface area contributed by atoms with E-state index < -0.39 is 11.5 Å². The van der Waals surface area contributed by atoms with Crippen molar-refractivity contribution >= 4 is 22.6 Å². The smallest absolute Gasteiger partial charge is 0.242 e. The highest BCUT2D eigenvalue weighted by atomic mass is 16.2. The van der Waals surface area contributed by atoms with Gasteiger partial charge < -0.3 is 10.6 Å². The molecule has 0 aliphatic rings. The van der Waals surface area contributed by atoms with E-state index in [-0.39, 0.29) is 17.9 Å². The average molecular weight is 326 g/mol. The first-order valence-electron chi connectivity index (χ1n) is 8.28. The lowest BCUT2D eigenvalue weighted by Crippen LogP contribution is -2.48. The average Bonchev–Trinajstić information content (AvgIpc) is 2.53. The van der Waals surface area contributed by atoms with Gasteiger partial charge in [0.1, 0.15) is 6.04 Å². The minimum Gasteiger partial charge on any atom is -0.348 e. The van der Waals surface area contributed by atoms with E-state index in [2.05, 4.69) is 34.9 Å². The van der Waals surface area contributed by atoms with Gasteiger partial charge in [-0.1, -0.05) is 57.2 Å². The van der Waals surface area contributed by atoms with Crippen LogP contribution in [0, 0.1) is 5.41 Å². The second kappa shape index (κ2) is 7.04. The summed E-state index contributed by atoms with van der Waals surface area (Å²) in [6.07, 6.45) is 0. The van der Waals surface area contributed by atoms with Crippen LogP contribution in [-0.2, 0) is 9.59 Å². The number of amides is 2. The Balaban J connectivity index is 2.03. The second-order valence-corrected chi connectivity index (χ2v) is 7.28. The SMILES string of the molecule is CC(NC(=O)C(C)(C)C)C(=O)NC(C)c1ccc2ccccc2c1. The van der Waals surface area contributed by atoms with Crippen molar-refractivity contribution in [2.45, 2.75) is 46.7 Å². The molecule has 2 amide bonds. The molecule has 24 heavy (non-hydrogen) atoms. The molecular weight excluding hydrogens is 300 g/mol. The largest absolute Gasteiger partial charge is 0.348 e. The van der Waals surface area contributed by atoms with Crippen LogP contribution in [0.25, 0.3) is 10.8 Å². The van der Waals surface area contributed by atoms with E-state index in [4.69, 9.17) is 0 Å². The van der Waals surface area contributed by atoms with Crippen LogP contribution in [0.1, 0.15) is 46.2 Å². The molecule has 0 radical (unpaired) electrons. The van der Waals surface area contributed by atoms with Crippen LogP contribution in [0.4, 0.5) is 0 Å². The molecule has 0 bridgehead atoms. The Hall–Kier alpha value is -2.36. The highest BCUT2D eigenvalue weighted by Crippen LogP contribution is 2.20. The summed E-state index contributed by atoms with van der Waals surface area (Å²) in [6.45, 7) is 9.12. The van der Waals surface area contributed by atoms with E-state index in [1.54, 1.807) is 6.92 Å². The van der Waals surface area contributed by atoms with E-state index in [9.17, 15) is 9.59 Å². The van der Waals surface area contributed by atoms with Crippen molar-refractivity contribution in [1.82, 2.24) is 10.6 Å². The first-order chi connectivity index (χ1) is 11.2. The minimum atomic E-state index is -0.570. The van der Waals surface area contributed by atoms with Gasteiger partial charge in [-0.2, -0.15) is 0 Å². The summed E-state index contributed by atoms with van der Waals surface area (Å²) in [5, 5.41) is 8.03. The predicted molar refractivity (Wildman–Crippen MR) is 97.6 cm³/mol. The molecule has 4 heteroatoms. The van der Waals surface area contributed by atoms with Gasteiger partial charge in [-0.05, 0) is 36.2 Å². The van der Waals surface area contributed by atoms with Crippen molar-refractivity contribution in [3.63, 3.8) is 0 Å². The maximum absolute atomic E-state index is 12.3. The Morgan fingerprint density at radius 1 is 0.917 bits per heavy atom. The van der Waals surface area contributed by atoms with Crippen LogP contribution in [0.15, 0.2) is 42.5 Å². The molecule has 2 N–H and O–H groups in total. The van der Waals surface area contributed by atoms with Gasteiger partial charge in [0.15, 0.2) is 0 Å². The molecule has 2 unspecified atom stereocenters. The molecule has 128 valence electrons. The summed E-state index contributed by atoms with van der Waals surface area (Å²) < 4.78 is 0. The van der Waals surface area contributed by atoms with Crippen molar-refractivity contribution in [3.8, 4) is 0 Å². The van der Waals surface area contributed by atoms with Gasteiger partial charge in [-0.15, -0.1) is 0 Å². The monoisotopic (exact) mass is 326 g/mol. The zero-order valence-electron chi connectivity index (χ0n) is 15.0. The van der Waals surface area contributed by atoms with Gasteiger partial charge >= 0.3 is 0 Å². The fourth-order valence-electron chi connectivity index (χ4n) is 2.38. The molecule has 0 saturated carbocycles. The van der Waals surface area contributed by atoms with Gasteiger partial charge in [0, 0.05) is 5.41 Å². The number of hydrogen-bond acceptors (Lipinski definition) is 2. The third kappa shape index (κ3) is 4.34. The summed E-state index contributed by atoms with van der Waals surface area (Å²) >= 11 is 0. The Labute approximate surface area is 143 Å². The number of benzene rings is 2. The fraction of sp³-hybridized carbons (Fsp3) is 0.400. The van der Waals surface area contributed by atoms with Gasteiger partial charge in [-0.25, -0.2) is 0 Å². The van der Waals surface area contributed by atoms with E-state index in [0.717, 1.165) is 10.9 Å². The summed E-state index contributed by atoms with van der Waals surface area (Å²) in [4.78, 5) is 24.3. The third-order valence-electron chi connectivity index (χ3n) is 4.05. The van der Waals surface area contributed by atoms with Gasteiger partial charge in [0.2, 0.25) is 11.8 Å². The number of fused-ring (bicyclic) bond motifs is 1. The molecule has 0 aromatic heterocycles. The lowest BCUT2D eigenvalue weighted by Gasteiger charge is -2.23. The predicted octanol–water partition coefficient (Wildman–Crippen LogP) is 3.57. The van der Waals surface area contributed by atoms with Crippen LogP contribution in [-0.4, -0.2) is 17.9 Å². The van der Waals surface area contributed by atoms with E-state index >= 15 is 0 Å². The summed E-state index contributed by atoms with van der Waals surface area (Å²) in [5.74, 6) is -0.322. The van der Waals surface area contributed by atoms with Crippen LogP contribution in [0.5, 0.6) is 0 Å². The quantitative estimate of drug-likeness (QED) is 0.902. The van der Waals surface area contributed by atoms with Crippen LogP contribution < -0.4 is 10.6 Å². The first-order valence-corrected chi connectivity index (χ1v) is 8.28. The Kier molecular flexibility index (Phi) is 5.27. The number of rotatable bonds is 4. The standard InChI is InChI=1S/C20H26N2O2/c1-13(16-11-10-15-8-6-7-9-17(15)12-16)21-18(23)14(2)22-19(24)20(3,4)5/h6-14H,1-5H3,(H,21,23)(H,22,24). The van der Waals surface area contributed by atoms with Crippen molar-refractivity contribution in [2.24, 2.45) is 5.41 Å². The Morgan fingerprint density at radius 3 is 2.17 bits per heavy atom. The van der Waals surface area contributed by atoms with Crippen LogP contribution in [0.3, 0.4) is 0 Å². The molecule has 0 aliphatic carbocycles. The van der Waals surface area contributed by atoms with Crippen molar-refractivity contribution in [1.29, 1.82) is 0 Å². The molecular formula is C20H26N2O2.